The third kappa shape index (κ3) is 4.28. The van der Waals surface area contributed by atoms with Gasteiger partial charge in [-0.1, -0.05) is 12.1 Å². The number of imide groups is 1. The summed E-state index contributed by atoms with van der Waals surface area (Å²) in [4.78, 5) is 49.7. The minimum absolute atomic E-state index is 0.100. The van der Waals surface area contributed by atoms with E-state index in [0.717, 1.165) is 4.90 Å². The number of hydrogen-bond donors (Lipinski definition) is 2. The molecule has 0 unspecified atom stereocenters. The van der Waals surface area contributed by atoms with Crippen molar-refractivity contribution < 1.29 is 23.6 Å². The molecule has 1 atom stereocenters. The minimum atomic E-state index is -0.707. The number of furan rings is 1. The lowest BCUT2D eigenvalue weighted by Gasteiger charge is -2.15. The van der Waals surface area contributed by atoms with Gasteiger partial charge in [-0.25, -0.2) is 0 Å². The number of fused-ring (bicyclic) bond motifs is 1. The summed E-state index contributed by atoms with van der Waals surface area (Å²) in [6, 6.07) is 9.40. The Balaban J connectivity index is 1.40. The fourth-order valence-corrected chi connectivity index (χ4v) is 2.96. The molecule has 2 heterocycles. The number of amides is 4. The van der Waals surface area contributed by atoms with E-state index in [1.165, 1.54) is 6.26 Å². The van der Waals surface area contributed by atoms with Crippen LogP contribution >= 0.6 is 0 Å². The Morgan fingerprint density at radius 2 is 1.75 bits per heavy atom. The summed E-state index contributed by atoms with van der Waals surface area (Å²) in [6.07, 6.45) is 1.93. The maximum absolute atomic E-state index is 12.3. The predicted octanol–water partition coefficient (Wildman–Crippen LogP) is 1.48. The highest BCUT2D eigenvalue weighted by molar-refractivity contribution is 6.21. The monoisotopic (exact) mass is 383 g/mol. The number of carbonyl (C=O) groups excluding carboxylic acids is 4. The Morgan fingerprint density at radius 1 is 1.07 bits per heavy atom. The first kappa shape index (κ1) is 19.3. The van der Waals surface area contributed by atoms with E-state index in [1.54, 1.807) is 43.3 Å². The van der Waals surface area contributed by atoms with Crippen LogP contribution in [0.2, 0.25) is 0 Å². The van der Waals surface area contributed by atoms with Crippen molar-refractivity contribution in [1.29, 1.82) is 0 Å². The Bertz CT molecular complexity index is 856. The van der Waals surface area contributed by atoms with Crippen LogP contribution in [0.3, 0.4) is 0 Å². The van der Waals surface area contributed by atoms with Crippen LogP contribution in [0, 0.1) is 0 Å². The summed E-state index contributed by atoms with van der Waals surface area (Å²) in [5, 5.41) is 5.27. The van der Waals surface area contributed by atoms with Crippen LogP contribution in [0.25, 0.3) is 0 Å². The summed E-state index contributed by atoms with van der Waals surface area (Å²) in [5.74, 6) is -0.714. The average molecular weight is 383 g/mol. The zero-order valence-electron chi connectivity index (χ0n) is 15.4. The maximum atomic E-state index is 12.3. The van der Waals surface area contributed by atoms with Gasteiger partial charge in [0.1, 0.15) is 11.8 Å². The highest BCUT2D eigenvalue weighted by Crippen LogP contribution is 2.22. The molecule has 0 saturated carbocycles. The van der Waals surface area contributed by atoms with E-state index in [-0.39, 0.29) is 43.1 Å². The summed E-state index contributed by atoms with van der Waals surface area (Å²) in [5.41, 5.74) is 0.776. The van der Waals surface area contributed by atoms with Gasteiger partial charge in [-0.3, -0.25) is 24.1 Å². The third-order valence-corrected chi connectivity index (χ3v) is 4.45. The summed E-state index contributed by atoms with van der Waals surface area (Å²) in [7, 11) is 0. The van der Waals surface area contributed by atoms with Crippen molar-refractivity contribution >= 4 is 23.6 Å². The Hall–Kier alpha value is -3.42. The van der Waals surface area contributed by atoms with Crippen LogP contribution in [-0.2, 0) is 16.1 Å². The van der Waals surface area contributed by atoms with Crippen molar-refractivity contribution in [1.82, 2.24) is 15.5 Å². The molecule has 0 spiro atoms. The molecular weight excluding hydrogens is 362 g/mol. The molecule has 8 nitrogen and oxygen atoms in total. The van der Waals surface area contributed by atoms with Crippen LogP contribution < -0.4 is 10.6 Å². The SMILES string of the molecule is C[C@@H](NC(=O)CCCN1C(=O)c2ccccc2C1=O)C(=O)NCc1ccco1. The van der Waals surface area contributed by atoms with Gasteiger partial charge in [-0.2, -0.15) is 0 Å². The Kier molecular flexibility index (Phi) is 5.88. The van der Waals surface area contributed by atoms with Gasteiger partial charge < -0.3 is 15.1 Å². The van der Waals surface area contributed by atoms with E-state index in [4.69, 9.17) is 4.42 Å². The van der Waals surface area contributed by atoms with Crippen molar-refractivity contribution in [2.75, 3.05) is 6.54 Å². The molecule has 0 radical (unpaired) electrons. The number of nitrogens with zero attached hydrogens (tertiary/aromatic N) is 1. The summed E-state index contributed by atoms with van der Waals surface area (Å²) < 4.78 is 5.13. The molecule has 2 aromatic rings. The summed E-state index contributed by atoms with van der Waals surface area (Å²) >= 11 is 0. The molecule has 146 valence electrons. The first-order valence-corrected chi connectivity index (χ1v) is 9.02. The van der Waals surface area contributed by atoms with Gasteiger partial charge in [0.05, 0.1) is 23.9 Å². The molecule has 0 bridgehead atoms. The summed E-state index contributed by atoms with van der Waals surface area (Å²) in [6.45, 7) is 1.98. The topological polar surface area (TPSA) is 109 Å². The zero-order valence-corrected chi connectivity index (χ0v) is 15.4. The molecule has 0 saturated heterocycles. The lowest BCUT2D eigenvalue weighted by atomic mass is 10.1. The molecule has 1 aromatic heterocycles. The Labute approximate surface area is 161 Å². The molecule has 0 aliphatic carbocycles. The molecule has 0 fully saturated rings. The van der Waals surface area contributed by atoms with Crippen molar-refractivity contribution in [3.63, 3.8) is 0 Å². The molecule has 28 heavy (non-hydrogen) atoms. The van der Waals surface area contributed by atoms with E-state index >= 15 is 0 Å². The lowest BCUT2D eigenvalue weighted by Crippen LogP contribution is -2.44. The van der Waals surface area contributed by atoms with Gasteiger partial charge in [0, 0.05) is 13.0 Å². The molecule has 4 amide bonds. The molecule has 1 aromatic carbocycles. The zero-order chi connectivity index (χ0) is 20.1. The number of nitrogens with one attached hydrogen (secondary N) is 2. The quantitative estimate of drug-likeness (QED) is 0.671. The second-order valence-corrected chi connectivity index (χ2v) is 6.50. The van der Waals surface area contributed by atoms with E-state index in [9.17, 15) is 19.2 Å². The minimum Gasteiger partial charge on any atom is -0.467 e. The number of hydrogen-bond acceptors (Lipinski definition) is 5. The second-order valence-electron chi connectivity index (χ2n) is 6.50. The van der Waals surface area contributed by atoms with E-state index < -0.39 is 6.04 Å². The first-order chi connectivity index (χ1) is 13.5. The van der Waals surface area contributed by atoms with Gasteiger partial charge in [0.2, 0.25) is 11.8 Å². The van der Waals surface area contributed by atoms with Crippen LogP contribution in [0.15, 0.2) is 47.1 Å². The number of carbonyl (C=O) groups is 4. The van der Waals surface area contributed by atoms with Crippen molar-refractivity contribution in [3.8, 4) is 0 Å². The van der Waals surface area contributed by atoms with Crippen LogP contribution in [0.5, 0.6) is 0 Å². The van der Waals surface area contributed by atoms with E-state index in [1.807, 2.05) is 0 Å². The van der Waals surface area contributed by atoms with E-state index in [0.29, 0.717) is 23.3 Å². The average Bonchev–Trinajstić information content (AvgIpc) is 3.29. The number of rotatable bonds is 8. The first-order valence-electron chi connectivity index (χ1n) is 9.02. The molecule has 2 N–H and O–H groups in total. The molecule has 1 aliphatic rings. The van der Waals surface area contributed by atoms with Gasteiger partial charge in [-0.15, -0.1) is 0 Å². The fourth-order valence-electron chi connectivity index (χ4n) is 2.96. The predicted molar refractivity (Wildman–Crippen MR) is 99.2 cm³/mol. The second kappa shape index (κ2) is 8.51. The fraction of sp³-hybridized carbons (Fsp3) is 0.300. The standard InChI is InChI=1S/C20H21N3O5/c1-13(18(25)21-12-14-6-5-11-28-14)22-17(24)9-4-10-23-19(26)15-7-2-3-8-16(15)20(23)27/h2-3,5-8,11,13H,4,9-10,12H2,1H3,(H,21,25)(H,22,24)/t13-/m1/s1. The lowest BCUT2D eigenvalue weighted by molar-refractivity contribution is -0.128. The molecule has 3 rings (SSSR count). The highest BCUT2D eigenvalue weighted by Gasteiger charge is 2.34. The van der Waals surface area contributed by atoms with Crippen molar-refractivity contribution in [2.24, 2.45) is 0 Å². The van der Waals surface area contributed by atoms with Crippen molar-refractivity contribution in [3.05, 3.63) is 59.5 Å². The van der Waals surface area contributed by atoms with Crippen LogP contribution in [0.4, 0.5) is 0 Å². The van der Waals surface area contributed by atoms with Gasteiger partial charge in [0.15, 0.2) is 0 Å². The van der Waals surface area contributed by atoms with Gasteiger partial charge >= 0.3 is 0 Å². The molecular formula is C20H21N3O5. The smallest absolute Gasteiger partial charge is 0.261 e. The van der Waals surface area contributed by atoms with Crippen molar-refractivity contribution in [2.45, 2.75) is 32.4 Å². The van der Waals surface area contributed by atoms with E-state index in [2.05, 4.69) is 10.6 Å². The van der Waals surface area contributed by atoms with Gasteiger partial charge in [0.25, 0.3) is 11.8 Å². The highest BCUT2D eigenvalue weighted by atomic mass is 16.3. The van der Waals surface area contributed by atoms with Crippen LogP contribution in [0.1, 0.15) is 46.2 Å². The largest absolute Gasteiger partial charge is 0.467 e. The van der Waals surface area contributed by atoms with Crippen LogP contribution in [-0.4, -0.2) is 41.1 Å². The third-order valence-electron chi connectivity index (χ3n) is 4.45. The normalized spacial score (nSPS) is 14.0. The molecule has 1 aliphatic heterocycles. The maximum Gasteiger partial charge on any atom is 0.261 e. The molecule has 8 heteroatoms. The Morgan fingerprint density at radius 3 is 2.36 bits per heavy atom. The van der Waals surface area contributed by atoms with Gasteiger partial charge in [-0.05, 0) is 37.6 Å². The number of benzene rings is 1.